The summed E-state index contributed by atoms with van der Waals surface area (Å²) in [4.78, 5) is 8.77. The van der Waals surface area contributed by atoms with Crippen molar-refractivity contribution in [2.24, 2.45) is 0 Å². The van der Waals surface area contributed by atoms with Gasteiger partial charge in [0.25, 0.3) is 0 Å². The molecule has 1 N–H and O–H groups in total. The van der Waals surface area contributed by atoms with E-state index < -0.39 is 0 Å². The second-order valence-electron chi connectivity index (χ2n) is 5.40. The third-order valence-electron chi connectivity index (χ3n) is 3.55. The Labute approximate surface area is 141 Å². The molecule has 0 bridgehead atoms. The predicted octanol–water partition coefficient (Wildman–Crippen LogP) is 4.71. The zero-order chi connectivity index (χ0) is 16.8. The second-order valence-corrected chi connectivity index (χ2v) is 5.40. The lowest BCUT2D eigenvalue weighted by molar-refractivity contribution is 0.415. The van der Waals surface area contributed by atoms with Gasteiger partial charge in [-0.2, -0.15) is 0 Å². The predicted molar refractivity (Wildman–Crippen MR) is 98.4 cm³/mol. The van der Waals surface area contributed by atoms with Gasteiger partial charge in [-0.1, -0.05) is 35.9 Å². The van der Waals surface area contributed by atoms with Crippen molar-refractivity contribution in [2.75, 3.05) is 12.4 Å². The summed E-state index contributed by atoms with van der Waals surface area (Å²) in [5, 5.41) is 3.21. The zero-order valence-electron chi connectivity index (χ0n) is 13.7. The average molecular weight is 317 g/mol. The Morgan fingerprint density at radius 3 is 2.38 bits per heavy atom. The first-order valence-corrected chi connectivity index (χ1v) is 7.72. The van der Waals surface area contributed by atoms with Gasteiger partial charge in [0.05, 0.1) is 12.8 Å². The molecule has 0 saturated carbocycles. The van der Waals surface area contributed by atoms with Crippen LogP contribution in [0.3, 0.4) is 0 Å². The SMILES string of the molecule is COc1ccc(/C=C/c2ccnc(Nc3ccc(C)cc3)n2)cc1. The molecule has 0 aliphatic carbocycles. The van der Waals surface area contributed by atoms with Crippen LogP contribution in [0.1, 0.15) is 16.8 Å². The second kappa shape index (κ2) is 7.42. The van der Waals surface area contributed by atoms with Gasteiger partial charge in [0.2, 0.25) is 5.95 Å². The van der Waals surface area contributed by atoms with Crippen molar-refractivity contribution in [3.8, 4) is 5.75 Å². The molecule has 0 unspecified atom stereocenters. The fraction of sp³-hybridized carbons (Fsp3) is 0.100. The summed E-state index contributed by atoms with van der Waals surface area (Å²) >= 11 is 0. The van der Waals surface area contributed by atoms with E-state index in [2.05, 4.69) is 34.3 Å². The van der Waals surface area contributed by atoms with E-state index in [4.69, 9.17) is 4.74 Å². The summed E-state index contributed by atoms with van der Waals surface area (Å²) in [5.41, 5.74) is 4.12. The van der Waals surface area contributed by atoms with Crippen molar-refractivity contribution >= 4 is 23.8 Å². The molecule has 4 nitrogen and oxygen atoms in total. The van der Waals surface area contributed by atoms with Gasteiger partial charge in [-0.15, -0.1) is 0 Å². The van der Waals surface area contributed by atoms with Crippen LogP contribution in [0, 0.1) is 6.92 Å². The zero-order valence-corrected chi connectivity index (χ0v) is 13.7. The average Bonchev–Trinajstić information content (AvgIpc) is 2.63. The first-order chi connectivity index (χ1) is 11.7. The quantitative estimate of drug-likeness (QED) is 0.740. The Kier molecular flexibility index (Phi) is 4.87. The van der Waals surface area contributed by atoms with Gasteiger partial charge in [-0.05, 0) is 48.9 Å². The lowest BCUT2D eigenvalue weighted by Crippen LogP contribution is -1.97. The van der Waals surface area contributed by atoms with Gasteiger partial charge < -0.3 is 10.1 Å². The number of hydrogen-bond donors (Lipinski definition) is 1. The number of anilines is 2. The highest BCUT2D eigenvalue weighted by Crippen LogP contribution is 2.16. The summed E-state index contributed by atoms with van der Waals surface area (Å²) in [6.07, 6.45) is 5.72. The smallest absolute Gasteiger partial charge is 0.227 e. The number of aromatic nitrogens is 2. The molecule has 1 aromatic heterocycles. The topological polar surface area (TPSA) is 47.0 Å². The molecule has 3 aromatic rings. The summed E-state index contributed by atoms with van der Waals surface area (Å²) in [7, 11) is 1.66. The number of benzene rings is 2. The molecule has 0 atom stereocenters. The third kappa shape index (κ3) is 4.20. The van der Waals surface area contributed by atoms with Crippen LogP contribution >= 0.6 is 0 Å². The molecule has 0 saturated heterocycles. The summed E-state index contributed by atoms with van der Waals surface area (Å²) < 4.78 is 5.16. The number of hydrogen-bond acceptors (Lipinski definition) is 4. The van der Waals surface area contributed by atoms with Crippen molar-refractivity contribution in [2.45, 2.75) is 6.92 Å². The molecule has 0 aliphatic rings. The number of nitrogens with zero attached hydrogens (tertiary/aromatic N) is 2. The molecule has 0 amide bonds. The summed E-state index contributed by atoms with van der Waals surface area (Å²) in [6, 6.07) is 17.9. The molecule has 3 rings (SSSR count). The maximum absolute atomic E-state index is 5.16. The van der Waals surface area contributed by atoms with Crippen LogP contribution < -0.4 is 10.1 Å². The van der Waals surface area contributed by atoms with Gasteiger partial charge in [-0.25, -0.2) is 9.97 Å². The number of ether oxygens (including phenoxy) is 1. The van der Waals surface area contributed by atoms with E-state index in [0.717, 1.165) is 22.7 Å². The third-order valence-corrected chi connectivity index (χ3v) is 3.55. The Balaban J connectivity index is 1.72. The molecule has 4 heteroatoms. The summed E-state index contributed by atoms with van der Waals surface area (Å²) in [5.74, 6) is 1.43. The number of rotatable bonds is 5. The molecule has 0 spiro atoms. The van der Waals surface area contributed by atoms with Crippen LogP contribution in [-0.4, -0.2) is 17.1 Å². The van der Waals surface area contributed by atoms with Crippen molar-refractivity contribution in [3.63, 3.8) is 0 Å². The molecule has 24 heavy (non-hydrogen) atoms. The van der Waals surface area contributed by atoms with E-state index in [-0.39, 0.29) is 0 Å². The largest absolute Gasteiger partial charge is 0.497 e. The lowest BCUT2D eigenvalue weighted by atomic mass is 10.2. The Morgan fingerprint density at radius 1 is 0.917 bits per heavy atom. The van der Waals surface area contributed by atoms with Crippen molar-refractivity contribution in [1.82, 2.24) is 9.97 Å². The van der Waals surface area contributed by atoms with Crippen LogP contribution in [0.2, 0.25) is 0 Å². The maximum Gasteiger partial charge on any atom is 0.227 e. The van der Waals surface area contributed by atoms with E-state index in [1.165, 1.54) is 5.56 Å². The van der Waals surface area contributed by atoms with E-state index >= 15 is 0 Å². The van der Waals surface area contributed by atoms with E-state index in [9.17, 15) is 0 Å². The van der Waals surface area contributed by atoms with E-state index in [1.54, 1.807) is 13.3 Å². The van der Waals surface area contributed by atoms with E-state index in [1.807, 2.05) is 54.6 Å². The molecule has 0 fully saturated rings. The Morgan fingerprint density at radius 2 is 1.67 bits per heavy atom. The molecule has 1 heterocycles. The fourth-order valence-corrected chi connectivity index (χ4v) is 2.19. The number of nitrogens with one attached hydrogen (secondary N) is 1. The fourth-order valence-electron chi connectivity index (χ4n) is 2.19. The number of aryl methyl sites for hydroxylation is 1. The van der Waals surface area contributed by atoms with Gasteiger partial charge in [-0.3, -0.25) is 0 Å². The number of methoxy groups -OCH3 is 1. The van der Waals surface area contributed by atoms with Crippen molar-refractivity contribution in [1.29, 1.82) is 0 Å². The first-order valence-electron chi connectivity index (χ1n) is 7.72. The van der Waals surface area contributed by atoms with E-state index in [0.29, 0.717) is 5.95 Å². The van der Waals surface area contributed by atoms with Crippen molar-refractivity contribution in [3.05, 3.63) is 77.6 Å². The Bertz CT molecular complexity index is 824. The first kappa shape index (κ1) is 15.7. The highest BCUT2D eigenvalue weighted by atomic mass is 16.5. The molecular weight excluding hydrogens is 298 g/mol. The molecular formula is C20H19N3O. The highest BCUT2D eigenvalue weighted by Gasteiger charge is 1.98. The van der Waals surface area contributed by atoms with Crippen LogP contribution in [0.15, 0.2) is 60.8 Å². The standard InChI is InChI=1S/C20H19N3O/c1-15-3-8-17(9-4-15)22-20-21-14-13-18(23-20)10-5-16-6-11-19(24-2)12-7-16/h3-14H,1-2H3,(H,21,22,23)/b10-5+. The molecule has 0 aliphatic heterocycles. The summed E-state index contributed by atoms with van der Waals surface area (Å²) in [6.45, 7) is 2.06. The van der Waals surface area contributed by atoms with Crippen LogP contribution in [0.5, 0.6) is 5.75 Å². The molecule has 120 valence electrons. The minimum absolute atomic E-state index is 0.579. The Hall–Kier alpha value is -3.14. The van der Waals surface area contributed by atoms with Crippen LogP contribution in [0.25, 0.3) is 12.2 Å². The van der Waals surface area contributed by atoms with Gasteiger partial charge in [0.15, 0.2) is 0 Å². The minimum Gasteiger partial charge on any atom is -0.497 e. The van der Waals surface area contributed by atoms with Gasteiger partial charge in [0, 0.05) is 11.9 Å². The van der Waals surface area contributed by atoms with Gasteiger partial charge >= 0.3 is 0 Å². The normalized spacial score (nSPS) is 10.8. The van der Waals surface area contributed by atoms with Crippen LogP contribution in [0.4, 0.5) is 11.6 Å². The lowest BCUT2D eigenvalue weighted by Gasteiger charge is -2.05. The van der Waals surface area contributed by atoms with Crippen LogP contribution in [-0.2, 0) is 0 Å². The van der Waals surface area contributed by atoms with Crippen molar-refractivity contribution < 1.29 is 4.74 Å². The minimum atomic E-state index is 0.579. The molecule has 2 aromatic carbocycles. The maximum atomic E-state index is 5.16. The van der Waals surface area contributed by atoms with Gasteiger partial charge in [0.1, 0.15) is 5.75 Å². The monoisotopic (exact) mass is 317 g/mol. The highest BCUT2D eigenvalue weighted by molar-refractivity contribution is 5.68. The molecule has 0 radical (unpaired) electrons.